The zero-order chi connectivity index (χ0) is 15.4. The van der Waals surface area contributed by atoms with Crippen LogP contribution in [0.2, 0.25) is 0 Å². The van der Waals surface area contributed by atoms with Crippen LogP contribution in [-0.4, -0.2) is 30.0 Å². The van der Waals surface area contributed by atoms with Gasteiger partial charge in [0.15, 0.2) is 0 Å². The van der Waals surface area contributed by atoms with Crippen LogP contribution in [0.4, 0.5) is 0 Å². The summed E-state index contributed by atoms with van der Waals surface area (Å²) in [7, 11) is 0. The van der Waals surface area contributed by atoms with Crippen molar-refractivity contribution in [1.29, 1.82) is 0 Å². The zero-order valence-electron chi connectivity index (χ0n) is 13.6. The molecule has 0 saturated carbocycles. The third-order valence-electron chi connectivity index (χ3n) is 3.85. The summed E-state index contributed by atoms with van der Waals surface area (Å²) >= 11 is 1.59. The second-order valence-electron chi connectivity index (χ2n) is 5.80. The molecule has 1 aliphatic heterocycles. The Labute approximate surface area is 159 Å². The number of hydrogen-bond donors (Lipinski definition) is 2. The van der Waals surface area contributed by atoms with Crippen LogP contribution >= 0.6 is 36.2 Å². The van der Waals surface area contributed by atoms with E-state index in [0.717, 1.165) is 42.2 Å². The predicted molar refractivity (Wildman–Crippen MR) is 105 cm³/mol. The summed E-state index contributed by atoms with van der Waals surface area (Å²) in [6, 6.07) is 8.58. The lowest BCUT2D eigenvalue weighted by molar-refractivity contribution is -0.121. The van der Waals surface area contributed by atoms with E-state index in [2.05, 4.69) is 46.8 Å². The number of hydrogen-bond acceptors (Lipinski definition) is 4. The molecule has 4 nitrogen and oxygen atoms in total. The molecule has 3 rings (SSSR count). The molecule has 1 saturated heterocycles. The Balaban J connectivity index is 0.00000144. The van der Waals surface area contributed by atoms with Crippen molar-refractivity contribution in [2.75, 3.05) is 13.1 Å². The normalized spacial score (nSPS) is 16.6. The first kappa shape index (κ1) is 20.9. The first-order valence-electron chi connectivity index (χ1n) is 7.72. The van der Waals surface area contributed by atoms with Gasteiger partial charge in [-0.2, -0.15) is 0 Å². The quantitative estimate of drug-likeness (QED) is 0.845. The number of nitrogens with zero attached hydrogens (tertiary/aromatic N) is 1. The molecule has 0 radical (unpaired) electrons. The van der Waals surface area contributed by atoms with Crippen molar-refractivity contribution < 1.29 is 4.79 Å². The van der Waals surface area contributed by atoms with Gasteiger partial charge in [-0.15, -0.1) is 36.2 Å². The Bertz CT molecular complexity index is 640. The summed E-state index contributed by atoms with van der Waals surface area (Å²) in [5.74, 6) is 0.0643. The summed E-state index contributed by atoms with van der Waals surface area (Å²) < 4.78 is 0. The summed E-state index contributed by atoms with van der Waals surface area (Å²) in [5, 5.41) is 9.35. The maximum absolute atomic E-state index is 12.1. The fourth-order valence-corrected chi connectivity index (χ4v) is 3.46. The fourth-order valence-electron chi connectivity index (χ4n) is 2.64. The van der Waals surface area contributed by atoms with Crippen LogP contribution in [-0.2, 0) is 11.2 Å². The molecule has 1 fully saturated rings. The summed E-state index contributed by atoms with van der Waals surface area (Å²) in [6.45, 7) is 4.00. The molecule has 1 atom stereocenters. The Morgan fingerprint density at radius 1 is 1.33 bits per heavy atom. The number of benzene rings is 1. The minimum Gasteiger partial charge on any atom is -0.352 e. The lowest BCUT2D eigenvalue weighted by Crippen LogP contribution is -2.46. The van der Waals surface area contributed by atoms with Gasteiger partial charge in [-0.3, -0.25) is 4.79 Å². The number of aromatic nitrogens is 1. The molecule has 1 aromatic carbocycles. The second-order valence-corrected chi connectivity index (χ2v) is 6.66. The fraction of sp³-hybridized carbons (Fsp3) is 0.412. The van der Waals surface area contributed by atoms with Crippen molar-refractivity contribution >= 4 is 42.1 Å². The number of amides is 1. The highest BCUT2D eigenvalue weighted by Gasteiger charge is 2.16. The van der Waals surface area contributed by atoms with Gasteiger partial charge in [0, 0.05) is 23.5 Å². The average Bonchev–Trinajstić information content (AvgIpc) is 2.97. The Hall–Kier alpha value is -1.14. The monoisotopic (exact) mass is 387 g/mol. The summed E-state index contributed by atoms with van der Waals surface area (Å²) in [5.41, 5.74) is 3.20. The van der Waals surface area contributed by atoms with Gasteiger partial charge in [-0.1, -0.05) is 29.8 Å². The molecule has 0 spiro atoms. The topological polar surface area (TPSA) is 54.0 Å². The van der Waals surface area contributed by atoms with Gasteiger partial charge in [-0.25, -0.2) is 4.98 Å². The van der Waals surface area contributed by atoms with Crippen LogP contribution in [0, 0.1) is 6.92 Å². The van der Waals surface area contributed by atoms with Crippen molar-refractivity contribution in [2.24, 2.45) is 0 Å². The van der Waals surface area contributed by atoms with E-state index in [9.17, 15) is 4.79 Å². The van der Waals surface area contributed by atoms with E-state index in [-0.39, 0.29) is 36.8 Å². The SMILES string of the molecule is Cc1ccc(-c2nc(CC(=O)N[C@H]3CCCNC3)cs2)cc1.Cl.Cl. The Morgan fingerprint density at radius 2 is 2.08 bits per heavy atom. The van der Waals surface area contributed by atoms with Crippen LogP contribution in [0.1, 0.15) is 24.1 Å². The highest BCUT2D eigenvalue weighted by atomic mass is 35.5. The molecular formula is C17H23Cl2N3OS. The van der Waals surface area contributed by atoms with Crippen molar-refractivity contribution in [3.05, 3.63) is 40.9 Å². The molecule has 1 amide bonds. The van der Waals surface area contributed by atoms with Crippen molar-refractivity contribution in [3.8, 4) is 10.6 Å². The Kier molecular flexibility index (Phi) is 8.70. The molecule has 132 valence electrons. The number of carbonyl (C=O) groups is 1. The molecule has 0 aliphatic carbocycles. The van der Waals surface area contributed by atoms with E-state index in [0.29, 0.717) is 6.42 Å². The van der Waals surface area contributed by atoms with Gasteiger partial charge in [0.1, 0.15) is 5.01 Å². The molecule has 2 N–H and O–H groups in total. The first-order chi connectivity index (χ1) is 10.7. The van der Waals surface area contributed by atoms with Crippen LogP contribution < -0.4 is 10.6 Å². The van der Waals surface area contributed by atoms with E-state index in [4.69, 9.17) is 0 Å². The number of nitrogens with one attached hydrogen (secondary N) is 2. The predicted octanol–water partition coefficient (Wildman–Crippen LogP) is 3.37. The number of halogens is 2. The van der Waals surface area contributed by atoms with Crippen LogP contribution in [0.15, 0.2) is 29.6 Å². The standard InChI is InChI=1S/C17H21N3OS.2ClH/c1-12-4-6-13(7-5-12)17-20-15(11-22-17)9-16(21)19-14-3-2-8-18-10-14;;/h4-7,11,14,18H,2-3,8-10H2,1H3,(H,19,21);2*1H/t14-;;/m0../s1. The number of aryl methyl sites for hydroxylation is 1. The maximum atomic E-state index is 12.1. The van der Waals surface area contributed by atoms with E-state index in [1.165, 1.54) is 5.56 Å². The van der Waals surface area contributed by atoms with E-state index in [1.54, 1.807) is 11.3 Å². The van der Waals surface area contributed by atoms with Crippen LogP contribution in [0.5, 0.6) is 0 Å². The third-order valence-corrected chi connectivity index (χ3v) is 4.79. The minimum absolute atomic E-state index is 0. The summed E-state index contributed by atoms with van der Waals surface area (Å²) in [6.07, 6.45) is 2.54. The molecule has 24 heavy (non-hydrogen) atoms. The van der Waals surface area contributed by atoms with E-state index in [1.807, 2.05) is 5.38 Å². The summed E-state index contributed by atoms with van der Waals surface area (Å²) in [4.78, 5) is 16.7. The number of carbonyl (C=O) groups excluding carboxylic acids is 1. The van der Waals surface area contributed by atoms with Gasteiger partial charge in [0.25, 0.3) is 0 Å². The van der Waals surface area contributed by atoms with Crippen LogP contribution in [0.3, 0.4) is 0 Å². The van der Waals surface area contributed by atoms with Gasteiger partial charge >= 0.3 is 0 Å². The molecule has 2 heterocycles. The molecule has 0 bridgehead atoms. The van der Waals surface area contributed by atoms with Crippen molar-refractivity contribution in [1.82, 2.24) is 15.6 Å². The van der Waals surface area contributed by atoms with Crippen LogP contribution in [0.25, 0.3) is 10.6 Å². The third kappa shape index (κ3) is 5.74. The number of thiazole rings is 1. The molecule has 1 aliphatic rings. The average molecular weight is 388 g/mol. The number of rotatable bonds is 4. The first-order valence-corrected chi connectivity index (χ1v) is 8.60. The second kappa shape index (κ2) is 9.99. The van der Waals surface area contributed by atoms with Gasteiger partial charge in [-0.05, 0) is 26.3 Å². The smallest absolute Gasteiger partial charge is 0.226 e. The lowest BCUT2D eigenvalue weighted by atomic mass is 10.1. The zero-order valence-corrected chi connectivity index (χ0v) is 16.0. The lowest BCUT2D eigenvalue weighted by Gasteiger charge is -2.23. The van der Waals surface area contributed by atoms with Gasteiger partial charge in [0.05, 0.1) is 12.1 Å². The van der Waals surface area contributed by atoms with Gasteiger partial charge < -0.3 is 10.6 Å². The van der Waals surface area contributed by atoms with E-state index >= 15 is 0 Å². The largest absolute Gasteiger partial charge is 0.352 e. The molecule has 7 heteroatoms. The van der Waals surface area contributed by atoms with Gasteiger partial charge in [0.2, 0.25) is 5.91 Å². The maximum Gasteiger partial charge on any atom is 0.226 e. The van der Waals surface area contributed by atoms with E-state index < -0.39 is 0 Å². The molecule has 0 unspecified atom stereocenters. The molecule has 2 aromatic rings. The highest BCUT2D eigenvalue weighted by molar-refractivity contribution is 7.13. The van der Waals surface area contributed by atoms with Crippen molar-refractivity contribution in [3.63, 3.8) is 0 Å². The number of piperidine rings is 1. The Morgan fingerprint density at radius 3 is 2.75 bits per heavy atom. The minimum atomic E-state index is 0. The highest BCUT2D eigenvalue weighted by Crippen LogP contribution is 2.24. The molecular weight excluding hydrogens is 365 g/mol. The van der Waals surface area contributed by atoms with Crippen molar-refractivity contribution in [2.45, 2.75) is 32.2 Å². The molecule has 1 aromatic heterocycles.